The lowest BCUT2D eigenvalue weighted by atomic mass is 9.84. The normalized spacial score (nSPS) is 34.1. The standard InChI is InChI=1S/C13H26O4/c1-8(6-14)11(15)10(3)12-9(2)7-16-13(4,5)17-12/h8-12,14-15H,6-7H2,1-5H3/t8-,9+,10-,11-,12-/m1/s1. The predicted molar refractivity (Wildman–Crippen MR) is 65.5 cm³/mol. The van der Waals surface area contributed by atoms with Gasteiger partial charge < -0.3 is 19.7 Å². The zero-order valence-electron chi connectivity index (χ0n) is 11.5. The smallest absolute Gasteiger partial charge is 0.163 e. The van der Waals surface area contributed by atoms with Gasteiger partial charge in [0.05, 0.1) is 18.8 Å². The van der Waals surface area contributed by atoms with E-state index in [2.05, 4.69) is 6.92 Å². The Morgan fingerprint density at radius 1 is 1.35 bits per heavy atom. The van der Waals surface area contributed by atoms with E-state index in [0.717, 1.165) is 0 Å². The number of hydrogen-bond acceptors (Lipinski definition) is 4. The summed E-state index contributed by atoms with van der Waals surface area (Å²) in [7, 11) is 0. The summed E-state index contributed by atoms with van der Waals surface area (Å²) in [6.07, 6.45) is -0.593. The minimum absolute atomic E-state index is 0.00744. The fraction of sp³-hybridized carbons (Fsp3) is 1.00. The maximum Gasteiger partial charge on any atom is 0.163 e. The summed E-state index contributed by atoms with van der Waals surface area (Å²) >= 11 is 0. The quantitative estimate of drug-likeness (QED) is 0.787. The van der Waals surface area contributed by atoms with Crippen molar-refractivity contribution in [2.24, 2.45) is 17.8 Å². The van der Waals surface area contributed by atoms with Gasteiger partial charge in [-0.3, -0.25) is 0 Å². The Kier molecular flexibility index (Phi) is 4.95. The van der Waals surface area contributed by atoms with E-state index in [9.17, 15) is 5.11 Å². The average molecular weight is 246 g/mol. The highest BCUT2D eigenvalue weighted by molar-refractivity contribution is 4.84. The maximum atomic E-state index is 10.1. The van der Waals surface area contributed by atoms with Gasteiger partial charge in [-0.2, -0.15) is 0 Å². The first-order chi connectivity index (χ1) is 7.78. The molecule has 0 unspecified atom stereocenters. The van der Waals surface area contributed by atoms with Gasteiger partial charge in [0.2, 0.25) is 0 Å². The molecule has 1 aliphatic rings. The van der Waals surface area contributed by atoms with Gasteiger partial charge in [-0.05, 0) is 13.8 Å². The predicted octanol–water partition coefficient (Wildman–Crippen LogP) is 1.40. The second-order valence-corrected chi connectivity index (χ2v) is 5.78. The third-order valence-electron chi connectivity index (χ3n) is 3.60. The van der Waals surface area contributed by atoms with Gasteiger partial charge in [0.15, 0.2) is 5.79 Å². The molecular weight excluding hydrogens is 220 g/mol. The van der Waals surface area contributed by atoms with Crippen LogP contribution >= 0.6 is 0 Å². The lowest BCUT2D eigenvalue weighted by molar-refractivity contribution is -0.304. The number of ether oxygens (including phenoxy) is 2. The van der Waals surface area contributed by atoms with Crippen LogP contribution in [-0.2, 0) is 9.47 Å². The van der Waals surface area contributed by atoms with E-state index >= 15 is 0 Å². The fourth-order valence-electron chi connectivity index (χ4n) is 2.35. The summed E-state index contributed by atoms with van der Waals surface area (Å²) in [5, 5.41) is 19.2. The summed E-state index contributed by atoms with van der Waals surface area (Å²) in [5.41, 5.74) is 0. The largest absolute Gasteiger partial charge is 0.396 e. The molecule has 102 valence electrons. The zero-order valence-corrected chi connectivity index (χ0v) is 11.5. The van der Waals surface area contributed by atoms with E-state index in [-0.39, 0.29) is 30.5 Å². The minimum atomic E-state index is -0.590. The number of hydrogen-bond donors (Lipinski definition) is 2. The Labute approximate surface area is 104 Å². The Morgan fingerprint density at radius 3 is 2.47 bits per heavy atom. The summed E-state index contributed by atoms with van der Waals surface area (Å²) in [6.45, 7) is 10.3. The molecule has 1 rings (SSSR count). The first kappa shape index (κ1) is 14.9. The first-order valence-corrected chi connectivity index (χ1v) is 6.39. The molecule has 2 N–H and O–H groups in total. The Balaban J connectivity index is 2.69. The second-order valence-electron chi connectivity index (χ2n) is 5.78. The molecule has 4 heteroatoms. The molecule has 0 aromatic heterocycles. The highest BCUT2D eigenvalue weighted by atomic mass is 16.7. The van der Waals surface area contributed by atoms with Gasteiger partial charge in [0.1, 0.15) is 0 Å². The van der Waals surface area contributed by atoms with Gasteiger partial charge >= 0.3 is 0 Å². The zero-order chi connectivity index (χ0) is 13.2. The fourth-order valence-corrected chi connectivity index (χ4v) is 2.35. The van der Waals surface area contributed by atoms with Gasteiger partial charge in [-0.25, -0.2) is 0 Å². The topological polar surface area (TPSA) is 58.9 Å². The molecule has 0 spiro atoms. The van der Waals surface area contributed by atoms with Crippen LogP contribution in [0.1, 0.15) is 34.6 Å². The molecule has 17 heavy (non-hydrogen) atoms. The van der Waals surface area contributed by atoms with Crippen molar-refractivity contribution in [3.63, 3.8) is 0 Å². The summed E-state index contributed by atoms with van der Waals surface area (Å²) in [5.74, 6) is -0.492. The van der Waals surface area contributed by atoms with Gasteiger partial charge in [-0.15, -0.1) is 0 Å². The Hall–Kier alpha value is -0.160. The Morgan fingerprint density at radius 2 is 1.94 bits per heavy atom. The van der Waals surface area contributed by atoms with Crippen LogP contribution in [0, 0.1) is 17.8 Å². The van der Waals surface area contributed by atoms with Crippen LogP contribution in [0.2, 0.25) is 0 Å². The molecule has 0 aromatic rings. The van der Waals surface area contributed by atoms with Crippen molar-refractivity contribution < 1.29 is 19.7 Å². The van der Waals surface area contributed by atoms with Gasteiger partial charge in [0, 0.05) is 24.4 Å². The molecule has 0 aromatic carbocycles. The van der Waals surface area contributed by atoms with Gasteiger partial charge in [0.25, 0.3) is 0 Å². The highest BCUT2D eigenvalue weighted by Gasteiger charge is 2.40. The molecule has 0 aliphatic carbocycles. The molecular formula is C13H26O4. The van der Waals surface area contributed by atoms with Crippen LogP contribution in [0.5, 0.6) is 0 Å². The van der Waals surface area contributed by atoms with Crippen LogP contribution in [0.25, 0.3) is 0 Å². The van der Waals surface area contributed by atoms with Crippen LogP contribution in [-0.4, -0.2) is 41.4 Å². The molecule has 5 atom stereocenters. The Bertz CT molecular complexity index is 242. The van der Waals surface area contributed by atoms with Crippen LogP contribution in [0.15, 0.2) is 0 Å². The molecule has 4 nitrogen and oxygen atoms in total. The van der Waals surface area contributed by atoms with Crippen molar-refractivity contribution in [3.8, 4) is 0 Å². The monoisotopic (exact) mass is 246 g/mol. The maximum absolute atomic E-state index is 10.1. The number of aliphatic hydroxyl groups is 2. The van der Waals surface area contributed by atoms with E-state index in [0.29, 0.717) is 6.61 Å². The van der Waals surface area contributed by atoms with Crippen molar-refractivity contribution in [1.29, 1.82) is 0 Å². The van der Waals surface area contributed by atoms with Crippen molar-refractivity contribution >= 4 is 0 Å². The first-order valence-electron chi connectivity index (χ1n) is 6.39. The third-order valence-corrected chi connectivity index (χ3v) is 3.60. The highest BCUT2D eigenvalue weighted by Crippen LogP contribution is 2.32. The summed E-state index contributed by atoms with van der Waals surface area (Å²) in [4.78, 5) is 0. The van der Waals surface area contributed by atoms with Crippen molar-refractivity contribution in [1.82, 2.24) is 0 Å². The van der Waals surface area contributed by atoms with Crippen molar-refractivity contribution in [3.05, 3.63) is 0 Å². The van der Waals surface area contributed by atoms with E-state index in [1.54, 1.807) is 0 Å². The SMILES string of the molecule is C[C@H]([C@H](O)[C@H](C)CO)[C@@H]1OC(C)(C)OC[C@@H]1C. The lowest BCUT2D eigenvalue weighted by Gasteiger charge is -2.44. The van der Waals surface area contributed by atoms with E-state index in [1.807, 2.05) is 27.7 Å². The molecule has 1 aliphatic heterocycles. The molecule has 0 amide bonds. The molecule has 0 radical (unpaired) electrons. The summed E-state index contributed by atoms with van der Waals surface area (Å²) < 4.78 is 11.5. The number of rotatable bonds is 4. The molecule has 1 fully saturated rings. The van der Waals surface area contributed by atoms with E-state index < -0.39 is 11.9 Å². The molecule has 0 saturated carbocycles. The minimum Gasteiger partial charge on any atom is -0.396 e. The lowest BCUT2D eigenvalue weighted by Crippen LogP contribution is -2.50. The third kappa shape index (κ3) is 3.65. The summed E-state index contributed by atoms with van der Waals surface area (Å²) in [6, 6.07) is 0. The van der Waals surface area contributed by atoms with Crippen LogP contribution in [0.4, 0.5) is 0 Å². The van der Waals surface area contributed by atoms with Gasteiger partial charge in [-0.1, -0.05) is 20.8 Å². The van der Waals surface area contributed by atoms with E-state index in [4.69, 9.17) is 14.6 Å². The molecule has 1 saturated heterocycles. The van der Waals surface area contributed by atoms with Crippen molar-refractivity contribution in [2.45, 2.75) is 52.6 Å². The average Bonchev–Trinajstić information content (AvgIpc) is 2.29. The molecule has 1 heterocycles. The van der Waals surface area contributed by atoms with Crippen LogP contribution < -0.4 is 0 Å². The number of aliphatic hydroxyl groups excluding tert-OH is 2. The second kappa shape index (κ2) is 5.65. The van der Waals surface area contributed by atoms with E-state index in [1.165, 1.54) is 0 Å². The molecule has 0 bridgehead atoms. The van der Waals surface area contributed by atoms with Crippen LogP contribution in [0.3, 0.4) is 0 Å². The van der Waals surface area contributed by atoms with Crippen molar-refractivity contribution in [2.75, 3.05) is 13.2 Å².